The van der Waals surface area contributed by atoms with E-state index in [4.69, 9.17) is 5.11 Å². The number of thiophene rings is 1. The van der Waals surface area contributed by atoms with E-state index >= 15 is 0 Å². The lowest BCUT2D eigenvalue weighted by Crippen LogP contribution is -2.26. The summed E-state index contributed by atoms with van der Waals surface area (Å²) in [6.45, 7) is 5.43. The van der Waals surface area contributed by atoms with Crippen LogP contribution in [0.25, 0.3) is 0 Å². The molecule has 21 heavy (non-hydrogen) atoms. The molecule has 9 heteroatoms. The summed E-state index contributed by atoms with van der Waals surface area (Å²) in [5.74, 6) is -1.14. The molecule has 0 aromatic carbocycles. The van der Waals surface area contributed by atoms with Crippen molar-refractivity contribution in [3.63, 3.8) is 0 Å². The Labute approximate surface area is 130 Å². The summed E-state index contributed by atoms with van der Waals surface area (Å²) in [5, 5.41) is 11.0. The molecule has 114 valence electrons. The molecule has 1 atom stereocenters. The van der Waals surface area contributed by atoms with Crippen molar-refractivity contribution in [2.24, 2.45) is 0 Å². The van der Waals surface area contributed by atoms with Crippen LogP contribution in [0.1, 0.15) is 38.2 Å². The molecule has 0 bridgehead atoms. The smallest absolute Gasteiger partial charge is 0.345 e. The quantitative estimate of drug-likeness (QED) is 0.867. The maximum Gasteiger partial charge on any atom is 0.345 e. The summed E-state index contributed by atoms with van der Waals surface area (Å²) in [7, 11) is -3.75. The van der Waals surface area contributed by atoms with Crippen molar-refractivity contribution in [1.29, 1.82) is 0 Å². The number of rotatable bonds is 5. The van der Waals surface area contributed by atoms with Gasteiger partial charge in [-0.3, -0.25) is 0 Å². The number of nitrogens with one attached hydrogen (secondary N) is 1. The average molecular weight is 346 g/mol. The van der Waals surface area contributed by atoms with Gasteiger partial charge >= 0.3 is 5.97 Å². The fourth-order valence-electron chi connectivity index (χ4n) is 1.87. The highest BCUT2D eigenvalue weighted by Crippen LogP contribution is 2.27. The highest BCUT2D eigenvalue weighted by molar-refractivity contribution is 7.89. The zero-order valence-corrected chi connectivity index (χ0v) is 14.0. The van der Waals surface area contributed by atoms with Crippen LogP contribution in [0, 0.1) is 13.8 Å². The molecule has 2 heterocycles. The van der Waals surface area contributed by atoms with Crippen LogP contribution in [0.5, 0.6) is 0 Å². The normalized spacial score (nSPS) is 13.3. The number of aryl methyl sites for hydroxylation is 2. The van der Waals surface area contributed by atoms with Crippen LogP contribution in [-0.4, -0.2) is 24.5 Å². The SMILES string of the molecule is Cc1nc(C)c(C(C)NS(=O)(=O)c2csc(C(=O)O)c2)s1. The molecule has 0 radical (unpaired) electrons. The maximum absolute atomic E-state index is 12.3. The Morgan fingerprint density at radius 2 is 2.10 bits per heavy atom. The molecule has 0 aliphatic rings. The molecule has 0 aliphatic heterocycles. The lowest BCUT2D eigenvalue weighted by Gasteiger charge is -2.12. The Hall–Kier alpha value is -1.29. The highest BCUT2D eigenvalue weighted by atomic mass is 32.2. The van der Waals surface area contributed by atoms with Crippen LogP contribution < -0.4 is 4.72 Å². The second-order valence-electron chi connectivity index (χ2n) is 4.48. The van der Waals surface area contributed by atoms with E-state index < -0.39 is 22.0 Å². The van der Waals surface area contributed by atoms with E-state index in [-0.39, 0.29) is 9.77 Å². The van der Waals surface area contributed by atoms with Gasteiger partial charge < -0.3 is 5.11 Å². The van der Waals surface area contributed by atoms with Crippen LogP contribution >= 0.6 is 22.7 Å². The van der Waals surface area contributed by atoms with Gasteiger partial charge in [-0.1, -0.05) is 0 Å². The zero-order chi connectivity index (χ0) is 15.8. The number of aromatic carboxylic acids is 1. The number of aromatic nitrogens is 1. The van der Waals surface area contributed by atoms with Crippen molar-refractivity contribution in [2.75, 3.05) is 0 Å². The monoisotopic (exact) mass is 346 g/mol. The molecule has 2 aromatic heterocycles. The standard InChI is InChI=1S/C12H14N2O4S3/c1-6-11(20-8(3)13-6)7(2)14-21(17,18)9-4-10(12(15)16)19-5-9/h4-5,7,14H,1-3H3,(H,15,16). The van der Waals surface area contributed by atoms with Gasteiger partial charge in [0.15, 0.2) is 0 Å². The summed E-state index contributed by atoms with van der Waals surface area (Å²) >= 11 is 2.33. The van der Waals surface area contributed by atoms with Gasteiger partial charge in [0, 0.05) is 10.3 Å². The molecule has 2 N–H and O–H groups in total. The van der Waals surface area contributed by atoms with Gasteiger partial charge in [-0.25, -0.2) is 22.9 Å². The highest BCUT2D eigenvalue weighted by Gasteiger charge is 2.23. The van der Waals surface area contributed by atoms with Gasteiger partial charge in [0.05, 0.1) is 21.6 Å². The van der Waals surface area contributed by atoms with Crippen molar-refractivity contribution in [1.82, 2.24) is 9.71 Å². The topological polar surface area (TPSA) is 96.4 Å². The van der Waals surface area contributed by atoms with E-state index in [1.807, 2.05) is 13.8 Å². The third kappa shape index (κ3) is 3.49. The number of thiazole rings is 1. The van der Waals surface area contributed by atoms with Crippen LogP contribution in [0.15, 0.2) is 16.3 Å². The molecule has 6 nitrogen and oxygen atoms in total. The Morgan fingerprint density at radius 1 is 1.43 bits per heavy atom. The Balaban J connectivity index is 2.24. The molecular formula is C12H14N2O4S3. The van der Waals surface area contributed by atoms with E-state index in [0.717, 1.165) is 33.0 Å². The molecule has 2 rings (SSSR count). The van der Waals surface area contributed by atoms with E-state index in [9.17, 15) is 13.2 Å². The predicted molar refractivity (Wildman–Crippen MR) is 81.6 cm³/mol. The minimum Gasteiger partial charge on any atom is -0.477 e. The Morgan fingerprint density at radius 3 is 2.57 bits per heavy atom. The van der Waals surface area contributed by atoms with E-state index in [1.165, 1.54) is 16.7 Å². The van der Waals surface area contributed by atoms with Gasteiger partial charge in [-0.05, 0) is 26.8 Å². The third-order valence-corrected chi connectivity index (χ3v) is 6.60. The lowest BCUT2D eigenvalue weighted by molar-refractivity contribution is 0.0702. The second-order valence-corrected chi connectivity index (χ2v) is 8.34. The number of carbonyl (C=O) groups is 1. The van der Waals surface area contributed by atoms with Gasteiger partial charge in [0.2, 0.25) is 10.0 Å². The second kappa shape index (κ2) is 5.84. The van der Waals surface area contributed by atoms with Crippen molar-refractivity contribution >= 4 is 38.7 Å². The summed E-state index contributed by atoms with van der Waals surface area (Å²) in [5.41, 5.74) is 0.796. The lowest BCUT2D eigenvalue weighted by atomic mass is 10.2. The largest absolute Gasteiger partial charge is 0.477 e. The molecule has 0 spiro atoms. The molecular weight excluding hydrogens is 332 g/mol. The molecule has 0 saturated heterocycles. The van der Waals surface area contributed by atoms with Crippen LogP contribution in [0.4, 0.5) is 0 Å². The third-order valence-electron chi connectivity index (χ3n) is 2.76. The Bertz CT molecular complexity index is 776. The van der Waals surface area contributed by atoms with Crippen LogP contribution in [-0.2, 0) is 10.0 Å². The van der Waals surface area contributed by atoms with Gasteiger partial charge in [0.1, 0.15) is 4.88 Å². The minimum absolute atomic E-state index is 0.00663. The maximum atomic E-state index is 12.3. The zero-order valence-electron chi connectivity index (χ0n) is 11.6. The minimum atomic E-state index is -3.75. The van der Waals surface area contributed by atoms with Crippen molar-refractivity contribution in [3.8, 4) is 0 Å². The van der Waals surface area contributed by atoms with E-state index in [2.05, 4.69) is 9.71 Å². The number of carboxylic acids is 1. The number of hydrogen-bond donors (Lipinski definition) is 2. The number of carboxylic acid groups (broad SMARTS) is 1. The van der Waals surface area contributed by atoms with Gasteiger partial charge in [-0.2, -0.15) is 0 Å². The fraction of sp³-hybridized carbons (Fsp3) is 0.333. The summed E-state index contributed by atoms with van der Waals surface area (Å²) in [6.07, 6.45) is 0. The summed E-state index contributed by atoms with van der Waals surface area (Å²) in [4.78, 5) is 15.9. The molecule has 0 saturated carbocycles. The first kappa shape index (κ1) is 16.1. The first-order chi connectivity index (χ1) is 9.70. The first-order valence-electron chi connectivity index (χ1n) is 5.99. The van der Waals surface area contributed by atoms with Gasteiger partial charge in [0.25, 0.3) is 0 Å². The molecule has 0 fully saturated rings. The average Bonchev–Trinajstić information content (AvgIpc) is 2.95. The molecule has 0 amide bonds. The number of hydrogen-bond acceptors (Lipinski definition) is 6. The van der Waals surface area contributed by atoms with Gasteiger partial charge in [-0.15, -0.1) is 22.7 Å². The predicted octanol–water partition coefficient (Wildman–Crippen LogP) is 2.56. The molecule has 1 unspecified atom stereocenters. The summed E-state index contributed by atoms with van der Waals surface area (Å²) in [6, 6.07) is 0.738. The number of sulfonamides is 1. The van der Waals surface area contributed by atoms with Crippen molar-refractivity contribution in [3.05, 3.63) is 31.9 Å². The molecule has 2 aromatic rings. The van der Waals surface area contributed by atoms with Crippen molar-refractivity contribution in [2.45, 2.75) is 31.7 Å². The van der Waals surface area contributed by atoms with Crippen LogP contribution in [0.3, 0.4) is 0 Å². The van der Waals surface area contributed by atoms with Crippen molar-refractivity contribution < 1.29 is 18.3 Å². The first-order valence-corrected chi connectivity index (χ1v) is 9.16. The van der Waals surface area contributed by atoms with E-state index in [0.29, 0.717) is 0 Å². The van der Waals surface area contributed by atoms with Crippen LogP contribution in [0.2, 0.25) is 0 Å². The van der Waals surface area contributed by atoms with E-state index in [1.54, 1.807) is 6.92 Å². The Kier molecular flexibility index (Phi) is 4.47. The molecule has 0 aliphatic carbocycles. The summed E-state index contributed by atoms with van der Waals surface area (Å²) < 4.78 is 27.1. The fourth-order valence-corrected chi connectivity index (χ4v) is 5.20. The number of nitrogens with zero attached hydrogens (tertiary/aromatic N) is 1.